The Kier molecular flexibility index (Phi) is 5.96. The summed E-state index contributed by atoms with van der Waals surface area (Å²) < 4.78 is 5.90. The molecule has 2 heterocycles. The summed E-state index contributed by atoms with van der Waals surface area (Å²) in [4.78, 5) is 21.0. The van der Waals surface area contributed by atoms with Gasteiger partial charge in [-0.05, 0) is 54.1 Å². The number of ether oxygens (including phenoxy) is 1. The Labute approximate surface area is 174 Å². The molecule has 0 atom stereocenters. The first-order valence-electron chi connectivity index (χ1n) is 9.50. The molecule has 0 aliphatic heterocycles. The highest BCUT2D eigenvalue weighted by molar-refractivity contribution is 6.04. The summed E-state index contributed by atoms with van der Waals surface area (Å²) in [5, 5.41) is 6.18. The largest absolute Gasteiger partial charge is 0.455 e. The number of nitrogens with one attached hydrogen (secondary N) is 2. The molecule has 4 aromatic rings. The molecule has 0 radical (unpaired) electrons. The highest BCUT2D eigenvalue weighted by atomic mass is 16.5. The van der Waals surface area contributed by atoms with Gasteiger partial charge in [0.2, 0.25) is 0 Å². The maximum absolute atomic E-state index is 12.8. The Morgan fingerprint density at radius 2 is 1.63 bits per heavy atom. The van der Waals surface area contributed by atoms with Crippen molar-refractivity contribution < 1.29 is 9.53 Å². The first-order valence-corrected chi connectivity index (χ1v) is 9.50. The van der Waals surface area contributed by atoms with Gasteiger partial charge in [0.25, 0.3) is 5.91 Å². The first-order chi connectivity index (χ1) is 14.8. The van der Waals surface area contributed by atoms with Crippen LogP contribution in [-0.4, -0.2) is 15.9 Å². The van der Waals surface area contributed by atoms with E-state index in [0.717, 1.165) is 11.3 Å². The third-order valence-electron chi connectivity index (χ3n) is 4.34. The first kappa shape index (κ1) is 19.1. The quantitative estimate of drug-likeness (QED) is 0.453. The van der Waals surface area contributed by atoms with E-state index in [4.69, 9.17) is 4.74 Å². The molecule has 0 spiro atoms. The van der Waals surface area contributed by atoms with Crippen LogP contribution < -0.4 is 15.4 Å². The minimum atomic E-state index is -0.313. The van der Waals surface area contributed by atoms with Crippen LogP contribution in [0.3, 0.4) is 0 Å². The van der Waals surface area contributed by atoms with E-state index in [2.05, 4.69) is 20.6 Å². The van der Waals surface area contributed by atoms with Crippen molar-refractivity contribution in [3.8, 4) is 11.5 Å². The zero-order valence-corrected chi connectivity index (χ0v) is 16.2. The van der Waals surface area contributed by atoms with Crippen molar-refractivity contribution in [3.05, 3.63) is 109 Å². The van der Waals surface area contributed by atoms with Crippen molar-refractivity contribution in [2.75, 3.05) is 10.6 Å². The molecule has 2 N–H and O–H groups in total. The fourth-order valence-corrected chi connectivity index (χ4v) is 2.83. The van der Waals surface area contributed by atoms with Crippen LogP contribution in [0.4, 0.5) is 11.4 Å². The zero-order valence-electron chi connectivity index (χ0n) is 16.2. The second kappa shape index (κ2) is 9.34. The third kappa shape index (κ3) is 4.99. The summed E-state index contributed by atoms with van der Waals surface area (Å²) >= 11 is 0. The number of anilines is 2. The van der Waals surface area contributed by atoms with E-state index in [-0.39, 0.29) is 5.91 Å². The Morgan fingerprint density at radius 1 is 0.867 bits per heavy atom. The summed E-state index contributed by atoms with van der Waals surface area (Å²) in [6.07, 6.45) is 5.10. The molecule has 0 aliphatic carbocycles. The van der Waals surface area contributed by atoms with Crippen molar-refractivity contribution in [2.45, 2.75) is 6.54 Å². The Hall–Kier alpha value is -4.19. The monoisotopic (exact) mass is 396 g/mol. The standard InChI is InChI=1S/C24H20N4O2/c29-24(22-16-19(12-15-26-22)27-17-18-10-13-25-14-11-18)28-21-8-4-5-9-23(21)30-20-6-2-1-3-7-20/h1-16H,17H2,(H,26,27)(H,28,29). The molecule has 1 amide bonds. The molecule has 0 bridgehead atoms. The van der Waals surface area contributed by atoms with Crippen molar-refractivity contribution in [2.24, 2.45) is 0 Å². The SMILES string of the molecule is O=C(Nc1ccccc1Oc1ccccc1)c1cc(NCc2ccncc2)ccn1. The van der Waals surface area contributed by atoms with Crippen molar-refractivity contribution >= 4 is 17.3 Å². The fraction of sp³-hybridized carbons (Fsp3) is 0.0417. The molecule has 30 heavy (non-hydrogen) atoms. The zero-order chi connectivity index (χ0) is 20.6. The number of benzene rings is 2. The van der Waals surface area contributed by atoms with E-state index < -0.39 is 0 Å². The minimum Gasteiger partial charge on any atom is -0.455 e. The predicted molar refractivity (Wildman–Crippen MR) is 117 cm³/mol. The fourth-order valence-electron chi connectivity index (χ4n) is 2.83. The van der Waals surface area contributed by atoms with Gasteiger partial charge in [0.15, 0.2) is 5.75 Å². The lowest BCUT2D eigenvalue weighted by molar-refractivity contribution is 0.102. The number of nitrogens with zero attached hydrogens (tertiary/aromatic N) is 2. The normalized spacial score (nSPS) is 10.3. The van der Waals surface area contributed by atoms with Gasteiger partial charge in [0.1, 0.15) is 11.4 Å². The molecule has 6 heteroatoms. The summed E-state index contributed by atoms with van der Waals surface area (Å²) in [6.45, 7) is 0.626. The molecule has 2 aromatic carbocycles. The second-order valence-corrected chi connectivity index (χ2v) is 6.50. The number of hydrogen-bond donors (Lipinski definition) is 2. The molecule has 0 saturated carbocycles. The Morgan fingerprint density at radius 3 is 2.47 bits per heavy atom. The van der Waals surface area contributed by atoms with E-state index >= 15 is 0 Å². The maximum Gasteiger partial charge on any atom is 0.274 e. The lowest BCUT2D eigenvalue weighted by Gasteiger charge is -2.12. The average Bonchev–Trinajstić information content (AvgIpc) is 2.80. The van der Waals surface area contributed by atoms with Gasteiger partial charge >= 0.3 is 0 Å². The van der Waals surface area contributed by atoms with Crippen LogP contribution in [0.25, 0.3) is 0 Å². The lowest BCUT2D eigenvalue weighted by Crippen LogP contribution is -2.14. The molecule has 0 saturated heterocycles. The van der Waals surface area contributed by atoms with E-state index in [1.165, 1.54) is 0 Å². The van der Waals surface area contributed by atoms with Gasteiger partial charge in [-0.1, -0.05) is 30.3 Å². The van der Waals surface area contributed by atoms with Crippen LogP contribution in [0.1, 0.15) is 16.1 Å². The van der Waals surface area contributed by atoms with Gasteiger partial charge in [-0.2, -0.15) is 0 Å². The van der Waals surface area contributed by atoms with Crippen molar-refractivity contribution in [1.29, 1.82) is 0 Å². The van der Waals surface area contributed by atoms with Crippen LogP contribution in [0, 0.1) is 0 Å². The van der Waals surface area contributed by atoms with Crippen LogP contribution >= 0.6 is 0 Å². The van der Waals surface area contributed by atoms with E-state index in [9.17, 15) is 4.79 Å². The number of rotatable bonds is 7. The van der Waals surface area contributed by atoms with Gasteiger partial charge < -0.3 is 15.4 Å². The smallest absolute Gasteiger partial charge is 0.274 e. The average molecular weight is 396 g/mol. The molecule has 4 rings (SSSR count). The number of aromatic nitrogens is 2. The second-order valence-electron chi connectivity index (χ2n) is 6.50. The van der Waals surface area contributed by atoms with Gasteiger partial charge in [0.05, 0.1) is 5.69 Å². The topological polar surface area (TPSA) is 76.1 Å². The molecule has 0 unspecified atom stereocenters. The summed E-state index contributed by atoms with van der Waals surface area (Å²) in [6, 6.07) is 24.1. The summed E-state index contributed by atoms with van der Waals surface area (Å²) in [5.74, 6) is 0.940. The number of para-hydroxylation sites is 3. The van der Waals surface area contributed by atoms with Gasteiger partial charge in [0, 0.05) is 30.8 Å². The van der Waals surface area contributed by atoms with Crippen LogP contribution in [0.2, 0.25) is 0 Å². The predicted octanol–water partition coefficient (Wildman–Crippen LogP) is 5.13. The van der Waals surface area contributed by atoms with Gasteiger partial charge in [-0.15, -0.1) is 0 Å². The third-order valence-corrected chi connectivity index (χ3v) is 4.34. The summed E-state index contributed by atoms with van der Waals surface area (Å²) in [7, 11) is 0. The van der Waals surface area contributed by atoms with E-state index in [0.29, 0.717) is 29.4 Å². The van der Waals surface area contributed by atoms with Gasteiger partial charge in [-0.25, -0.2) is 0 Å². The molecule has 0 aliphatic rings. The highest BCUT2D eigenvalue weighted by Gasteiger charge is 2.12. The van der Waals surface area contributed by atoms with Crippen LogP contribution in [0.5, 0.6) is 11.5 Å². The number of amides is 1. The van der Waals surface area contributed by atoms with Crippen molar-refractivity contribution in [1.82, 2.24) is 9.97 Å². The Balaban J connectivity index is 1.45. The van der Waals surface area contributed by atoms with E-state index in [1.807, 2.05) is 66.7 Å². The molecule has 6 nitrogen and oxygen atoms in total. The lowest BCUT2D eigenvalue weighted by atomic mass is 10.2. The molecule has 2 aromatic heterocycles. The molecular weight excluding hydrogens is 376 g/mol. The molecule has 148 valence electrons. The highest BCUT2D eigenvalue weighted by Crippen LogP contribution is 2.29. The number of carbonyl (C=O) groups excluding carboxylic acids is 1. The number of pyridine rings is 2. The van der Waals surface area contributed by atoms with Gasteiger partial charge in [-0.3, -0.25) is 14.8 Å². The molecule has 0 fully saturated rings. The van der Waals surface area contributed by atoms with Crippen LogP contribution in [0.15, 0.2) is 97.5 Å². The van der Waals surface area contributed by atoms with Crippen LogP contribution in [-0.2, 0) is 6.54 Å². The summed E-state index contributed by atoms with van der Waals surface area (Å²) in [5.41, 5.74) is 2.79. The van der Waals surface area contributed by atoms with Crippen molar-refractivity contribution in [3.63, 3.8) is 0 Å². The molecular formula is C24H20N4O2. The number of carbonyl (C=O) groups is 1. The maximum atomic E-state index is 12.8. The minimum absolute atomic E-state index is 0.309. The number of hydrogen-bond acceptors (Lipinski definition) is 5. The van der Waals surface area contributed by atoms with E-state index in [1.54, 1.807) is 30.7 Å². The Bertz CT molecular complexity index is 1120.